The predicted molar refractivity (Wildman–Crippen MR) is 54.3 cm³/mol. The molecule has 0 aromatic carbocycles. The number of aliphatic hydroxyl groups is 1. The van der Waals surface area contributed by atoms with Crippen molar-refractivity contribution in [1.29, 1.82) is 0 Å². The highest BCUT2D eigenvalue weighted by Crippen LogP contribution is 2.20. The first-order valence-electron chi connectivity index (χ1n) is 4.95. The van der Waals surface area contributed by atoms with E-state index in [0.717, 1.165) is 32.5 Å². The molecule has 0 spiro atoms. The number of nitrogens with two attached hydrogens (primary N) is 1. The molecule has 5 nitrogen and oxygen atoms in total. The highest BCUT2D eigenvalue weighted by atomic mass is 16.4. The van der Waals surface area contributed by atoms with Crippen molar-refractivity contribution in [3.8, 4) is 0 Å². The van der Waals surface area contributed by atoms with Gasteiger partial charge in [-0.15, -0.1) is 0 Å². The number of oxime groups is 1. The molecule has 0 aromatic heterocycles. The Labute approximate surface area is 84.2 Å². The fourth-order valence-electron chi connectivity index (χ4n) is 1.58. The Kier molecular flexibility index (Phi) is 3.71. The van der Waals surface area contributed by atoms with Gasteiger partial charge in [0.25, 0.3) is 0 Å². The van der Waals surface area contributed by atoms with Crippen molar-refractivity contribution in [3.63, 3.8) is 0 Å². The fraction of sp³-hybridized carbons (Fsp3) is 0.889. The monoisotopic (exact) mass is 201 g/mol. The van der Waals surface area contributed by atoms with Crippen molar-refractivity contribution < 1.29 is 10.3 Å². The smallest absolute Gasteiger partial charge is 0.140 e. The van der Waals surface area contributed by atoms with Gasteiger partial charge in [0.2, 0.25) is 0 Å². The van der Waals surface area contributed by atoms with Gasteiger partial charge in [0.15, 0.2) is 0 Å². The SMILES string of the molecule is CC1(O)CCN(CCC(N)=NO)CC1. The Balaban J connectivity index is 2.23. The minimum absolute atomic E-state index is 0.266. The lowest BCUT2D eigenvalue weighted by Crippen LogP contribution is -2.43. The molecule has 1 heterocycles. The van der Waals surface area contributed by atoms with Crippen LogP contribution in [0.5, 0.6) is 0 Å². The maximum atomic E-state index is 9.70. The molecule has 14 heavy (non-hydrogen) atoms. The lowest BCUT2D eigenvalue weighted by molar-refractivity contribution is -0.00458. The highest BCUT2D eigenvalue weighted by molar-refractivity contribution is 5.79. The van der Waals surface area contributed by atoms with E-state index in [1.807, 2.05) is 6.92 Å². The van der Waals surface area contributed by atoms with Gasteiger partial charge in [0, 0.05) is 26.1 Å². The molecule has 0 aromatic rings. The predicted octanol–water partition coefficient (Wildman–Crippen LogP) is -0.0303. The van der Waals surface area contributed by atoms with E-state index in [1.165, 1.54) is 0 Å². The molecule has 0 aliphatic carbocycles. The fourth-order valence-corrected chi connectivity index (χ4v) is 1.58. The van der Waals surface area contributed by atoms with E-state index in [4.69, 9.17) is 10.9 Å². The zero-order chi connectivity index (χ0) is 10.6. The summed E-state index contributed by atoms with van der Waals surface area (Å²) in [5.74, 6) is 0.266. The number of hydrogen-bond acceptors (Lipinski definition) is 4. The molecule has 0 unspecified atom stereocenters. The summed E-state index contributed by atoms with van der Waals surface area (Å²) in [5, 5.41) is 21.0. The zero-order valence-corrected chi connectivity index (χ0v) is 8.61. The van der Waals surface area contributed by atoms with Crippen LogP contribution in [-0.4, -0.2) is 46.3 Å². The van der Waals surface area contributed by atoms with Gasteiger partial charge in [-0.05, 0) is 19.8 Å². The molecule has 5 heteroatoms. The zero-order valence-electron chi connectivity index (χ0n) is 8.61. The summed E-state index contributed by atoms with van der Waals surface area (Å²) < 4.78 is 0. The topological polar surface area (TPSA) is 82.1 Å². The molecule has 0 bridgehead atoms. The van der Waals surface area contributed by atoms with Crippen LogP contribution in [0.4, 0.5) is 0 Å². The van der Waals surface area contributed by atoms with E-state index in [2.05, 4.69) is 10.1 Å². The summed E-state index contributed by atoms with van der Waals surface area (Å²) in [6, 6.07) is 0. The highest BCUT2D eigenvalue weighted by Gasteiger charge is 2.26. The summed E-state index contributed by atoms with van der Waals surface area (Å²) in [5.41, 5.74) is 4.86. The van der Waals surface area contributed by atoms with Gasteiger partial charge < -0.3 is 20.9 Å². The number of likely N-dealkylation sites (tertiary alicyclic amines) is 1. The number of rotatable bonds is 3. The van der Waals surface area contributed by atoms with Crippen LogP contribution in [0.2, 0.25) is 0 Å². The Morgan fingerprint density at radius 3 is 2.57 bits per heavy atom. The molecular weight excluding hydrogens is 182 g/mol. The maximum Gasteiger partial charge on any atom is 0.140 e. The molecule has 0 radical (unpaired) electrons. The van der Waals surface area contributed by atoms with E-state index in [1.54, 1.807) is 0 Å². The third kappa shape index (κ3) is 3.51. The average molecular weight is 201 g/mol. The Hall–Kier alpha value is -0.810. The Bertz CT molecular complexity index is 206. The largest absolute Gasteiger partial charge is 0.409 e. The van der Waals surface area contributed by atoms with Gasteiger partial charge in [-0.3, -0.25) is 0 Å². The normalized spacial score (nSPS) is 23.7. The van der Waals surface area contributed by atoms with Gasteiger partial charge in [0.1, 0.15) is 5.84 Å². The standard InChI is InChI=1S/C9H19N3O2/c1-9(13)3-6-12(7-4-9)5-2-8(10)11-14/h13-14H,2-7H2,1H3,(H2,10,11). The van der Waals surface area contributed by atoms with Crippen molar-refractivity contribution in [3.05, 3.63) is 0 Å². The van der Waals surface area contributed by atoms with Crippen LogP contribution in [0, 0.1) is 0 Å². The van der Waals surface area contributed by atoms with Crippen molar-refractivity contribution in [2.45, 2.75) is 31.8 Å². The molecule has 82 valence electrons. The van der Waals surface area contributed by atoms with Gasteiger partial charge in [-0.25, -0.2) is 0 Å². The quantitative estimate of drug-likeness (QED) is 0.259. The van der Waals surface area contributed by atoms with Crippen LogP contribution in [0.15, 0.2) is 5.16 Å². The molecule has 4 N–H and O–H groups in total. The number of amidine groups is 1. The summed E-state index contributed by atoms with van der Waals surface area (Å²) >= 11 is 0. The Morgan fingerprint density at radius 2 is 2.07 bits per heavy atom. The second-order valence-corrected chi connectivity index (χ2v) is 4.18. The molecule has 0 saturated carbocycles. The number of nitrogens with zero attached hydrogens (tertiary/aromatic N) is 2. The first kappa shape index (κ1) is 11.3. The van der Waals surface area contributed by atoms with E-state index >= 15 is 0 Å². The third-order valence-corrected chi connectivity index (χ3v) is 2.75. The second-order valence-electron chi connectivity index (χ2n) is 4.18. The Morgan fingerprint density at radius 1 is 1.50 bits per heavy atom. The van der Waals surface area contributed by atoms with Crippen molar-refractivity contribution >= 4 is 5.84 Å². The number of hydrogen-bond donors (Lipinski definition) is 3. The van der Waals surface area contributed by atoms with E-state index < -0.39 is 5.60 Å². The lowest BCUT2D eigenvalue weighted by Gasteiger charge is -2.35. The number of piperidine rings is 1. The maximum absolute atomic E-state index is 9.70. The van der Waals surface area contributed by atoms with E-state index in [-0.39, 0.29) is 5.84 Å². The van der Waals surface area contributed by atoms with Crippen LogP contribution in [0.3, 0.4) is 0 Å². The first-order chi connectivity index (χ1) is 6.53. The molecule has 0 atom stereocenters. The van der Waals surface area contributed by atoms with Crippen LogP contribution in [-0.2, 0) is 0 Å². The van der Waals surface area contributed by atoms with Crippen molar-refractivity contribution in [1.82, 2.24) is 4.90 Å². The molecular formula is C9H19N3O2. The van der Waals surface area contributed by atoms with Crippen LogP contribution in [0.25, 0.3) is 0 Å². The van der Waals surface area contributed by atoms with Gasteiger partial charge in [-0.2, -0.15) is 0 Å². The molecule has 1 fully saturated rings. The first-order valence-corrected chi connectivity index (χ1v) is 4.95. The molecule has 1 aliphatic rings. The molecule has 1 aliphatic heterocycles. The summed E-state index contributed by atoms with van der Waals surface area (Å²) in [6.45, 7) is 4.43. The average Bonchev–Trinajstić information content (AvgIpc) is 2.16. The third-order valence-electron chi connectivity index (χ3n) is 2.75. The van der Waals surface area contributed by atoms with Crippen LogP contribution >= 0.6 is 0 Å². The van der Waals surface area contributed by atoms with Crippen molar-refractivity contribution in [2.24, 2.45) is 10.9 Å². The summed E-state index contributed by atoms with van der Waals surface area (Å²) in [6.07, 6.45) is 2.17. The van der Waals surface area contributed by atoms with Gasteiger partial charge in [0.05, 0.1) is 5.60 Å². The van der Waals surface area contributed by atoms with E-state index in [9.17, 15) is 5.11 Å². The molecule has 1 rings (SSSR count). The van der Waals surface area contributed by atoms with Gasteiger partial charge in [-0.1, -0.05) is 5.16 Å². The van der Waals surface area contributed by atoms with Crippen LogP contribution in [0.1, 0.15) is 26.2 Å². The minimum Gasteiger partial charge on any atom is -0.409 e. The molecule has 0 amide bonds. The van der Waals surface area contributed by atoms with Crippen LogP contribution < -0.4 is 5.73 Å². The van der Waals surface area contributed by atoms with Gasteiger partial charge >= 0.3 is 0 Å². The summed E-state index contributed by atoms with van der Waals surface area (Å²) in [7, 11) is 0. The van der Waals surface area contributed by atoms with Crippen molar-refractivity contribution in [2.75, 3.05) is 19.6 Å². The van der Waals surface area contributed by atoms with E-state index in [0.29, 0.717) is 6.42 Å². The minimum atomic E-state index is -0.507. The second kappa shape index (κ2) is 4.61. The lowest BCUT2D eigenvalue weighted by atomic mass is 9.94. The summed E-state index contributed by atoms with van der Waals surface area (Å²) in [4.78, 5) is 2.22. The molecule has 1 saturated heterocycles.